The highest BCUT2D eigenvalue weighted by atomic mass is 16.5. The van der Waals surface area contributed by atoms with Crippen LogP contribution < -0.4 is 0 Å². The fourth-order valence-corrected chi connectivity index (χ4v) is 5.47. The molecule has 1 fully saturated rings. The van der Waals surface area contributed by atoms with Crippen molar-refractivity contribution in [1.82, 2.24) is 0 Å². The summed E-state index contributed by atoms with van der Waals surface area (Å²) in [5, 5.41) is 0. The Morgan fingerprint density at radius 2 is 2.00 bits per heavy atom. The second kappa shape index (κ2) is 7.45. The van der Waals surface area contributed by atoms with Crippen molar-refractivity contribution in [3.05, 3.63) is 23.3 Å². The summed E-state index contributed by atoms with van der Waals surface area (Å²) in [5.74, 6) is 1.29. The SMILES string of the molecule is CC(=O)OCC=C(C)CCC1C(C)=CCC2C(C)(C)CCCC12C. The molecule has 0 bridgehead atoms. The molecule has 136 valence electrons. The van der Waals surface area contributed by atoms with Gasteiger partial charge in [-0.3, -0.25) is 4.79 Å². The van der Waals surface area contributed by atoms with Crippen LogP contribution in [0.3, 0.4) is 0 Å². The third-order valence-corrected chi connectivity index (χ3v) is 6.84. The Morgan fingerprint density at radius 1 is 1.29 bits per heavy atom. The summed E-state index contributed by atoms with van der Waals surface area (Å²) in [6, 6.07) is 0. The maximum absolute atomic E-state index is 10.9. The zero-order chi connectivity index (χ0) is 18.0. The number of carbonyl (C=O) groups excluding carboxylic acids is 1. The van der Waals surface area contributed by atoms with Crippen LogP contribution in [-0.4, -0.2) is 12.6 Å². The Hall–Kier alpha value is -1.05. The monoisotopic (exact) mass is 332 g/mol. The summed E-state index contributed by atoms with van der Waals surface area (Å²) in [5.41, 5.74) is 3.84. The molecule has 1 saturated carbocycles. The van der Waals surface area contributed by atoms with Crippen LogP contribution in [0, 0.1) is 22.7 Å². The number of carbonyl (C=O) groups is 1. The molecule has 0 N–H and O–H groups in total. The predicted octanol–water partition coefficient (Wildman–Crippen LogP) is 6.07. The summed E-state index contributed by atoms with van der Waals surface area (Å²) in [6.45, 7) is 13.9. The van der Waals surface area contributed by atoms with Gasteiger partial charge < -0.3 is 4.74 Å². The summed E-state index contributed by atoms with van der Waals surface area (Å²) in [4.78, 5) is 10.9. The average molecular weight is 333 g/mol. The van der Waals surface area contributed by atoms with Gasteiger partial charge in [0.15, 0.2) is 0 Å². The van der Waals surface area contributed by atoms with Crippen LogP contribution in [0.2, 0.25) is 0 Å². The largest absolute Gasteiger partial charge is 0.462 e. The minimum Gasteiger partial charge on any atom is -0.462 e. The zero-order valence-electron chi connectivity index (χ0n) is 16.6. The Labute approximate surface area is 148 Å². The van der Waals surface area contributed by atoms with Crippen LogP contribution in [0.1, 0.15) is 80.1 Å². The van der Waals surface area contributed by atoms with Gasteiger partial charge in [0, 0.05) is 6.92 Å². The number of hydrogen-bond donors (Lipinski definition) is 0. The van der Waals surface area contributed by atoms with Gasteiger partial charge >= 0.3 is 5.97 Å². The van der Waals surface area contributed by atoms with Crippen LogP contribution in [-0.2, 0) is 9.53 Å². The van der Waals surface area contributed by atoms with Crippen LogP contribution in [0.4, 0.5) is 0 Å². The van der Waals surface area contributed by atoms with Crippen molar-refractivity contribution in [3.63, 3.8) is 0 Å². The van der Waals surface area contributed by atoms with Crippen molar-refractivity contribution in [2.45, 2.75) is 80.1 Å². The molecule has 24 heavy (non-hydrogen) atoms. The molecule has 0 radical (unpaired) electrons. The third kappa shape index (κ3) is 4.13. The van der Waals surface area contributed by atoms with E-state index in [1.807, 2.05) is 0 Å². The summed E-state index contributed by atoms with van der Waals surface area (Å²) in [6.07, 6.45) is 12.3. The van der Waals surface area contributed by atoms with Crippen molar-refractivity contribution >= 4 is 5.97 Å². The fraction of sp³-hybridized carbons (Fsp3) is 0.773. The molecule has 2 aliphatic carbocycles. The first kappa shape index (κ1) is 19.3. The maximum Gasteiger partial charge on any atom is 0.302 e. The summed E-state index contributed by atoms with van der Waals surface area (Å²) >= 11 is 0. The Kier molecular flexibility index (Phi) is 5.99. The van der Waals surface area contributed by atoms with Crippen molar-refractivity contribution < 1.29 is 9.53 Å². The first-order chi connectivity index (χ1) is 11.2. The molecule has 2 rings (SSSR count). The van der Waals surface area contributed by atoms with Gasteiger partial charge in [-0.05, 0) is 74.7 Å². The lowest BCUT2D eigenvalue weighted by molar-refractivity contribution is -0.139. The van der Waals surface area contributed by atoms with Crippen LogP contribution in [0.15, 0.2) is 23.3 Å². The molecule has 0 heterocycles. The predicted molar refractivity (Wildman–Crippen MR) is 101 cm³/mol. The molecule has 0 saturated heterocycles. The Bertz CT molecular complexity index is 526. The van der Waals surface area contributed by atoms with Crippen molar-refractivity contribution in [1.29, 1.82) is 0 Å². The van der Waals surface area contributed by atoms with E-state index in [1.165, 1.54) is 44.6 Å². The molecule has 0 aromatic heterocycles. The molecular formula is C22H36O2. The smallest absolute Gasteiger partial charge is 0.302 e. The molecule has 0 aromatic carbocycles. The van der Waals surface area contributed by atoms with Crippen molar-refractivity contribution in [3.8, 4) is 0 Å². The molecule has 3 unspecified atom stereocenters. The quantitative estimate of drug-likeness (QED) is 0.451. The van der Waals surface area contributed by atoms with Crippen molar-refractivity contribution in [2.24, 2.45) is 22.7 Å². The van der Waals surface area contributed by atoms with E-state index in [1.54, 1.807) is 5.57 Å². The normalized spacial score (nSPS) is 32.8. The maximum atomic E-state index is 10.9. The van der Waals surface area contributed by atoms with Gasteiger partial charge in [0.1, 0.15) is 6.61 Å². The molecular weight excluding hydrogens is 296 g/mol. The van der Waals surface area contributed by atoms with Gasteiger partial charge in [0.25, 0.3) is 0 Å². The molecule has 0 aromatic rings. The highest BCUT2D eigenvalue weighted by Gasteiger charge is 2.51. The van der Waals surface area contributed by atoms with E-state index in [4.69, 9.17) is 4.74 Å². The van der Waals surface area contributed by atoms with Crippen LogP contribution in [0.25, 0.3) is 0 Å². The van der Waals surface area contributed by atoms with Gasteiger partial charge in [-0.1, -0.05) is 44.4 Å². The van der Waals surface area contributed by atoms with E-state index in [2.05, 4.69) is 46.8 Å². The van der Waals surface area contributed by atoms with Gasteiger partial charge in [-0.2, -0.15) is 0 Å². The number of rotatable bonds is 5. The first-order valence-corrected chi connectivity index (χ1v) is 9.62. The van der Waals surface area contributed by atoms with Gasteiger partial charge in [-0.15, -0.1) is 0 Å². The number of allylic oxidation sites excluding steroid dienone is 3. The van der Waals surface area contributed by atoms with E-state index in [0.29, 0.717) is 23.4 Å². The number of fused-ring (bicyclic) bond motifs is 1. The highest BCUT2D eigenvalue weighted by Crippen LogP contribution is 2.60. The Balaban J connectivity index is 2.06. The van der Waals surface area contributed by atoms with E-state index >= 15 is 0 Å². The second-order valence-electron chi connectivity index (χ2n) is 9.03. The molecule has 3 atom stereocenters. The van der Waals surface area contributed by atoms with Crippen LogP contribution in [0.5, 0.6) is 0 Å². The summed E-state index contributed by atoms with van der Waals surface area (Å²) in [7, 11) is 0. The minimum atomic E-state index is -0.204. The lowest BCUT2D eigenvalue weighted by Crippen LogP contribution is -2.48. The van der Waals surface area contributed by atoms with Crippen LogP contribution >= 0.6 is 0 Å². The topological polar surface area (TPSA) is 26.3 Å². The first-order valence-electron chi connectivity index (χ1n) is 9.62. The Morgan fingerprint density at radius 3 is 2.67 bits per heavy atom. The van der Waals surface area contributed by atoms with Gasteiger partial charge in [0.05, 0.1) is 0 Å². The highest BCUT2D eigenvalue weighted by molar-refractivity contribution is 5.66. The molecule has 0 amide bonds. The van der Waals surface area contributed by atoms with Crippen molar-refractivity contribution in [2.75, 3.05) is 6.61 Å². The number of ether oxygens (including phenoxy) is 1. The van der Waals surface area contributed by atoms with E-state index in [9.17, 15) is 4.79 Å². The standard InChI is InChI=1S/C22H36O2/c1-16(12-15-24-18(3)23)8-10-19-17(2)9-11-20-21(4,5)13-7-14-22(19,20)6/h9,12,19-20H,7-8,10-11,13-15H2,1-6H3. The molecule has 2 aliphatic rings. The molecule has 0 aliphatic heterocycles. The fourth-order valence-electron chi connectivity index (χ4n) is 5.47. The molecule has 0 spiro atoms. The third-order valence-electron chi connectivity index (χ3n) is 6.84. The lowest BCUT2D eigenvalue weighted by Gasteiger charge is -2.57. The zero-order valence-corrected chi connectivity index (χ0v) is 16.6. The molecule has 2 heteroatoms. The van der Waals surface area contributed by atoms with E-state index < -0.39 is 0 Å². The number of esters is 1. The van der Waals surface area contributed by atoms with E-state index in [0.717, 1.165) is 12.3 Å². The second-order valence-corrected chi connectivity index (χ2v) is 9.03. The van der Waals surface area contributed by atoms with E-state index in [-0.39, 0.29) is 5.97 Å². The molecule has 2 nitrogen and oxygen atoms in total. The number of hydrogen-bond acceptors (Lipinski definition) is 2. The van der Waals surface area contributed by atoms with Gasteiger partial charge in [0.2, 0.25) is 0 Å². The minimum absolute atomic E-state index is 0.204. The lowest BCUT2D eigenvalue weighted by atomic mass is 9.48. The average Bonchev–Trinajstić information content (AvgIpc) is 2.45. The van der Waals surface area contributed by atoms with Gasteiger partial charge in [-0.25, -0.2) is 0 Å². The summed E-state index contributed by atoms with van der Waals surface area (Å²) < 4.78 is 5.03.